The van der Waals surface area contributed by atoms with E-state index in [9.17, 15) is 40.0 Å². The molecule has 0 spiro atoms. The molecule has 0 bridgehead atoms. The van der Waals surface area contributed by atoms with Gasteiger partial charge >= 0.3 is 39.3 Å². The summed E-state index contributed by atoms with van der Waals surface area (Å²) in [5.74, 6) is -9.07. The zero-order chi connectivity index (χ0) is 20.3. The fourth-order valence-corrected chi connectivity index (χ4v) is 1.33. The van der Waals surface area contributed by atoms with Crippen LogP contribution in [0.3, 0.4) is 0 Å². The van der Waals surface area contributed by atoms with E-state index in [-0.39, 0.29) is 6.08 Å². The number of hydrogen-bond acceptors (Lipinski definition) is 7. The van der Waals surface area contributed by atoms with E-state index in [1.54, 1.807) is 0 Å². The second-order valence-electron chi connectivity index (χ2n) is 4.59. The molecule has 1 N–H and O–H groups in total. The summed E-state index contributed by atoms with van der Waals surface area (Å²) >= 11 is 0. The first kappa shape index (κ1) is 23.2. The Bertz CT molecular complexity index is 627. The van der Waals surface area contributed by atoms with Crippen LogP contribution in [-0.4, -0.2) is 54.8 Å². The lowest BCUT2D eigenvalue weighted by Crippen LogP contribution is -2.59. The van der Waals surface area contributed by atoms with Crippen LogP contribution >= 0.6 is 0 Å². The summed E-state index contributed by atoms with van der Waals surface area (Å²) in [5.41, 5.74) is 0. The Hall–Kier alpha value is -1.80. The Balaban J connectivity index is 6.05. The monoisotopic (exact) mass is 400 g/mol. The Morgan fingerprint density at radius 2 is 1.68 bits per heavy atom. The lowest BCUT2D eigenvalue weighted by Gasteiger charge is -2.33. The molecule has 25 heavy (non-hydrogen) atoms. The summed E-state index contributed by atoms with van der Waals surface area (Å²) in [6, 6.07) is 0. The zero-order valence-electron chi connectivity index (χ0n) is 12.7. The molecule has 0 saturated carbocycles. The number of rotatable bonds is 8. The van der Waals surface area contributed by atoms with Gasteiger partial charge in [0.15, 0.2) is 0 Å². The molecule has 1 unspecified atom stereocenters. The first-order valence-electron chi connectivity index (χ1n) is 6.12. The van der Waals surface area contributed by atoms with Crippen molar-refractivity contribution in [3.05, 3.63) is 12.7 Å². The van der Waals surface area contributed by atoms with Crippen LogP contribution in [0, 0.1) is 0 Å². The fraction of sp³-hybridized carbons (Fsp3) is 0.636. The van der Waals surface area contributed by atoms with E-state index in [2.05, 4.69) is 20.8 Å². The number of alkyl halides is 5. The minimum Gasteiger partial charge on any atom is -0.458 e. The molecule has 0 fully saturated rings. The summed E-state index contributed by atoms with van der Waals surface area (Å²) in [6.07, 6.45) is -7.01. The van der Waals surface area contributed by atoms with Crippen molar-refractivity contribution >= 4 is 22.1 Å². The van der Waals surface area contributed by atoms with Gasteiger partial charge in [-0.3, -0.25) is 4.55 Å². The molecule has 0 radical (unpaired) electrons. The Kier molecular flexibility index (Phi) is 7.07. The van der Waals surface area contributed by atoms with Crippen molar-refractivity contribution in [2.75, 3.05) is 6.61 Å². The predicted octanol–water partition coefficient (Wildman–Crippen LogP) is 1.42. The lowest BCUT2D eigenvalue weighted by molar-refractivity contribution is -0.360. The quantitative estimate of drug-likeness (QED) is 0.214. The second kappa shape index (κ2) is 7.61. The molecule has 0 aliphatic heterocycles. The molecule has 1 atom stereocenters. The molecule has 0 aromatic carbocycles. The van der Waals surface area contributed by atoms with Gasteiger partial charge < -0.3 is 14.2 Å². The number of carbonyl (C=O) groups excluding carboxylic acids is 2. The number of ether oxygens (including phenoxy) is 3. The first-order chi connectivity index (χ1) is 11.0. The lowest BCUT2D eigenvalue weighted by atomic mass is 10.2. The maximum Gasteiger partial charge on any atom is 0.468 e. The Morgan fingerprint density at radius 1 is 1.20 bits per heavy atom. The van der Waals surface area contributed by atoms with E-state index in [1.165, 1.54) is 0 Å². The molecule has 14 heteroatoms. The minimum absolute atomic E-state index is 0.160. The number of hydrogen-bond donors (Lipinski definition) is 1. The second-order valence-corrected chi connectivity index (χ2v) is 6.14. The maximum absolute atomic E-state index is 13.3. The normalized spacial score (nSPS) is 15.4. The van der Waals surface area contributed by atoms with Crippen LogP contribution in [-0.2, 0) is 33.9 Å². The minimum atomic E-state index is -6.19. The molecule has 0 aromatic rings. The summed E-state index contributed by atoms with van der Waals surface area (Å²) in [4.78, 5) is 22.8. The van der Waals surface area contributed by atoms with Crippen LogP contribution < -0.4 is 0 Å². The number of carbonyl (C=O) groups is 2. The molecule has 0 aliphatic rings. The van der Waals surface area contributed by atoms with E-state index in [0.717, 1.165) is 13.8 Å². The third-order valence-corrected chi connectivity index (χ3v) is 3.09. The molecule has 0 amide bonds. The molecule has 8 nitrogen and oxygen atoms in total. The van der Waals surface area contributed by atoms with Crippen molar-refractivity contribution in [2.24, 2.45) is 0 Å². The van der Waals surface area contributed by atoms with Crippen molar-refractivity contribution in [1.29, 1.82) is 0 Å². The van der Waals surface area contributed by atoms with Crippen molar-refractivity contribution < 1.29 is 58.7 Å². The molecule has 0 aromatic heterocycles. The van der Waals surface area contributed by atoms with Crippen LogP contribution in [0.4, 0.5) is 22.0 Å². The van der Waals surface area contributed by atoms with Gasteiger partial charge in [0, 0.05) is 6.08 Å². The third kappa shape index (κ3) is 5.61. The van der Waals surface area contributed by atoms with E-state index in [0.29, 0.717) is 0 Å². The van der Waals surface area contributed by atoms with Crippen LogP contribution in [0.1, 0.15) is 13.8 Å². The first-order valence-corrected chi connectivity index (χ1v) is 7.56. The Morgan fingerprint density at radius 3 is 2.00 bits per heavy atom. The van der Waals surface area contributed by atoms with Crippen molar-refractivity contribution in [1.82, 2.24) is 0 Å². The van der Waals surface area contributed by atoms with E-state index < -0.39 is 52.0 Å². The molecule has 0 aliphatic carbocycles. The highest BCUT2D eigenvalue weighted by Gasteiger charge is 2.69. The third-order valence-electron chi connectivity index (χ3n) is 2.22. The summed E-state index contributed by atoms with van der Waals surface area (Å²) in [6.45, 7) is 2.25. The van der Waals surface area contributed by atoms with Crippen molar-refractivity contribution in [3.63, 3.8) is 0 Å². The van der Waals surface area contributed by atoms with Gasteiger partial charge in [-0.1, -0.05) is 6.58 Å². The summed E-state index contributed by atoms with van der Waals surface area (Å²) in [5, 5.41) is -5.25. The van der Waals surface area contributed by atoms with E-state index >= 15 is 0 Å². The van der Waals surface area contributed by atoms with Crippen molar-refractivity contribution in [2.45, 2.75) is 37.2 Å². The van der Waals surface area contributed by atoms with Gasteiger partial charge in [-0.15, -0.1) is 0 Å². The molecular weight excluding hydrogens is 387 g/mol. The zero-order valence-corrected chi connectivity index (χ0v) is 13.5. The Labute approximate surface area is 138 Å². The van der Waals surface area contributed by atoms with Gasteiger partial charge in [0.25, 0.3) is 0 Å². The van der Waals surface area contributed by atoms with Gasteiger partial charge in [0.05, 0.1) is 6.10 Å². The van der Waals surface area contributed by atoms with Crippen LogP contribution in [0.5, 0.6) is 0 Å². The summed E-state index contributed by atoms with van der Waals surface area (Å²) < 4.78 is 107. The highest BCUT2D eigenvalue weighted by molar-refractivity contribution is 7.86. The average molecular weight is 400 g/mol. The highest BCUT2D eigenvalue weighted by atomic mass is 32.2. The average Bonchev–Trinajstić information content (AvgIpc) is 2.39. The molecule has 0 rings (SSSR count). The van der Waals surface area contributed by atoms with Crippen LogP contribution in [0.15, 0.2) is 12.7 Å². The van der Waals surface area contributed by atoms with Gasteiger partial charge in [-0.25, -0.2) is 9.59 Å². The maximum atomic E-state index is 13.3. The van der Waals surface area contributed by atoms with Crippen LogP contribution in [0.25, 0.3) is 0 Å². The fourth-order valence-electron chi connectivity index (χ4n) is 1.12. The standard InChI is InChI=1S/C11H13F5O8S/c1-4-7(17)24-10(11(14,15)16,8(18)23-6(2)3)22-5-9(12,13)25(19,20)21/h4,6H,1,5H2,2-3H3,(H,19,20,21). The van der Waals surface area contributed by atoms with Gasteiger partial charge in [-0.2, -0.15) is 30.4 Å². The largest absolute Gasteiger partial charge is 0.468 e. The van der Waals surface area contributed by atoms with Crippen molar-refractivity contribution in [3.8, 4) is 0 Å². The molecule has 0 heterocycles. The topological polar surface area (TPSA) is 116 Å². The van der Waals surface area contributed by atoms with Gasteiger partial charge in [-0.05, 0) is 13.8 Å². The molecule has 0 saturated heterocycles. The number of esters is 2. The van der Waals surface area contributed by atoms with E-state index in [4.69, 9.17) is 4.55 Å². The SMILES string of the molecule is C=CC(=O)OC(OCC(F)(F)S(=O)(=O)O)(C(=O)OC(C)C)C(F)(F)F. The summed E-state index contributed by atoms with van der Waals surface area (Å²) in [7, 11) is -6.19. The molecule has 146 valence electrons. The highest BCUT2D eigenvalue weighted by Crippen LogP contribution is 2.38. The van der Waals surface area contributed by atoms with Crippen LogP contribution in [0.2, 0.25) is 0 Å². The smallest absolute Gasteiger partial charge is 0.458 e. The van der Waals surface area contributed by atoms with E-state index in [1.807, 2.05) is 0 Å². The predicted molar refractivity (Wildman–Crippen MR) is 68.8 cm³/mol. The van der Waals surface area contributed by atoms with Gasteiger partial charge in [0.1, 0.15) is 6.61 Å². The molecular formula is C11H13F5O8S. The van der Waals surface area contributed by atoms with Gasteiger partial charge in [0.2, 0.25) is 0 Å². The number of halogens is 5.